The van der Waals surface area contributed by atoms with Crippen LogP contribution in [0.4, 0.5) is 10.8 Å². The lowest BCUT2D eigenvalue weighted by Crippen LogP contribution is -2.21. The van der Waals surface area contributed by atoms with Crippen LogP contribution in [0.2, 0.25) is 0 Å². The van der Waals surface area contributed by atoms with Crippen LogP contribution < -0.4 is 5.32 Å². The second-order valence-electron chi connectivity index (χ2n) is 6.29. The summed E-state index contributed by atoms with van der Waals surface area (Å²) in [6.07, 6.45) is 0. The maximum absolute atomic E-state index is 12.1. The summed E-state index contributed by atoms with van der Waals surface area (Å²) in [5.74, 6) is -1.37. The zero-order valence-electron chi connectivity index (χ0n) is 15.7. The van der Waals surface area contributed by atoms with Crippen LogP contribution in [0.3, 0.4) is 0 Å². The van der Waals surface area contributed by atoms with Crippen molar-refractivity contribution >= 4 is 34.0 Å². The molecule has 8 nitrogen and oxygen atoms in total. The van der Waals surface area contributed by atoms with Crippen molar-refractivity contribution in [3.8, 4) is 11.3 Å². The van der Waals surface area contributed by atoms with E-state index in [1.807, 2.05) is 36.6 Å². The maximum atomic E-state index is 12.1. The number of hydrogen-bond acceptors (Lipinski definition) is 7. The molecule has 3 aromatic rings. The van der Waals surface area contributed by atoms with Crippen LogP contribution in [0.15, 0.2) is 47.8 Å². The number of ether oxygens (including phenoxy) is 1. The van der Waals surface area contributed by atoms with Gasteiger partial charge in [0.1, 0.15) is 0 Å². The second-order valence-corrected chi connectivity index (χ2v) is 7.14. The number of nitrogens with zero attached hydrogens (tertiary/aromatic N) is 2. The van der Waals surface area contributed by atoms with Gasteiger partial charge in [-0.1, -0.05) is 35.9 Å². The first-order valence-electron chi connectivity index (χ1n) is 8.58. The summed E-state index contributed by atoms with van der Waals surface area (Å²) < 4.78 is 4.94. The van der Waals surface area contributed by atoms with Gasteiger partial charge in [-0.2, -0.15) is 0 Å². The van der Waals surface area contributed by atoms with Crippen molar-refractivity contribution in [2.45, 2.75) is 13.8 Å². The molecule has 0 aliphatic carbocycles. The van der Waals surface area contributed by atoms with E-state index < -0.39 is 23.4 Å². The van der Waals surface area contributed by atoms with E-state index in [0.29, 0.717) is 10.7 Å². The minimum atomic E-state index is -0.817. The van der Waals surface area contributed by atoms with Gasteiger partial charge in [0.2, 0.25) is 0 Å². The molecule has 0 radical (unpaired) electrons. The fourth-order valence-corrected chi connectivity index (χ4v) is 3.23. The molecule has 0 bridgehead atoms. The molecule has 1 heterocycles. The standard InChI is InChI=1S/C20H17N3O5S/c1-12-3-6-14(7-4-12)16-11-29-20(21-16)22-18(24)10-28-19(25)15-8-5-13(2)17(9-15)23(26)27/h3-9,11H,10H2,1-2H3,(H,21,22,24). The van der Waals surface area contributed by atoms with Crippen LogP contribution in [0.5, 0.6) is 0 Å². The summed E-state index contributed by atoms with van der Waals surface area (Å²) >= 11 is 1.26. The number of carbonyl (C=O) groups is 2. The second kappa shape index (κ2) is 8.61. The Morgan fingerprint density at radius 2 is 1.90 bits per heavy atom. The van der Waals surface area contributed by atoms with E-state index in [-0.39, 0.29) is 11.3 Å². The first-order valence-corrected chi connectivity index (χ1v) is 9.46. The van der Waals surface area contributed by atoms with E-state index in [1.165, 1.54) is 23.5 Å². The molecular formula is C20H17N3O5S. The van der Waals surface area contributed by atoms with Crippen molar-refractivity contribution in [3.05, 3.63) is 74.6 Å². The highest BCUT2D eigenvalue weighted by atomic mass is 32.1. The van der Waals surface area contributed by atoms with E-state index in [1.54, 1.807) is 6.92 Å². The van der Waals surface area contributed by atoms with Gasteiger partial charge in [0.15, 0.2) is 11.7 Å². The van der Waals surface area contributed by atoms with Crippen LogP contribution in [0.1, 0.15) is 21.5 Å². The number of aryl methyl sites for hydroxylation is 2. The molecule has 29 heavy (non-hydrogen) atoms. The highest BCUT2D eigenvalue weighted by Crippen LogP contribution is 2.25. The molecule has 1 amide bonds. The largest absolute Gasteiger partial charge is 0.452 e. The molecule has 148 valence electrons. The third-order valence-electron chi connectivity index (χ3n) is 4.07. The van der Waals surface area contributed by atoms with Gasteiger partial charge in [-0.3, -0.25) is 20.2 Å². The summed E-state index contributed by atoms with van der Waals surface area (Å²) in [6, 6.07) is 11.8. The molecule has 1 N–H and O–H groups in total. The third-order valence-corrected chi connectivity index (χ3v) is 4.83. The van der Waals surface area contributed by atoms with Gasteiger partial charge in [-0.05, 0) is 19.9 Å². The first kappa shape index (κ1) is 20.2. The topological polar surface area (TPSA) is 111 Å². The Morgan fingerprint density at radius 1 is 1.17 bits per heavy atom. The number of esters is 1. The number of hydrogen-bond donors (Lipinski definition) is 1. The van der Waals surface area contributed by atoms with E-state index in [9.17, 15) is 19.7 Å². The van der Waals surface area contributed by atoms with Crippen LogP contribution in [-0.2, 0) is 9.53 Å². The number of rotatable bonds is 6. The zero-order valence-corrected chi connectivity index (χ0v) is 16.5. The molecule has 0 spiro atoms. The number of aromatic nitrogens is 1. The summed E-state index contributed by atoms with van der Waals surface area (Å²) in [4.78, 5) is 38.8. The smallest absolute Gasteiger partial charge is 0.338 e. The summed E-state index contributed by atoms with van der Waals surface area (Å²) in [5, 5.41) is 15.7. The van der Waals surface area contributed by atoms with Gasteiger partial charge in [-0.15, -0.1) is 11.3 Å². The molecule has 0 fully saturated rings. The van der Waals surface area contributed by atoms with Gasteiger partial charge in [0, 0.05) is 22.6 Å². The lowest BCUT2D eigenvalue weighted by atomic mass is 10.1. The summed E-state index contributed by atoms with van der Waals surface area (Å²) in [5.41, 5.74) is 3.05. The van der Waals surface area contributed by atoms with Gasteiger partial charge >= 0.3 is 5.97 Å². The van der Waals surface area contributed by atoms with Crippen molar-refractivity contribution in [2.75, 3.05) is 11.9 Å². The Labute approximate surface area is 170 Å². The van der Waals surface area contributed by atoms with Crippen LogP contribution in [0.25, 0.3) is 11.3 Å². The Bertz CT molecular complexity index is 1080. The monoisotopic (exact) mass is 411 g/mol. The Hall–Kier alpha value is -3.59. The van der Waals surface area contributed by atoms with Crippen molar-refractivity contribution < 1.29 is 19.2 Å². The number of benzene rings is 2. The quantitative estimate of drug-likeness (QED) is 0.371. The van der Waals surface area contributed by atoms with Crippen LogP contribution >= 0.6 is 11.3 Å². The lowest BCUT2D eigenvalue weighted by Gasteiger charge is -2.05. The van der Waals surface area contributed by atoms with Crippen molar-refractivity contribution in [2.24, 2.45) is 0 Å². The fraction of sp³-hybridized carbons (Fsp3) is 0.150. The lowest BCUT2D eigenvalue weighted by molar-refractivity contribution is -0.385. The number of amides is 1. The molecule has 0 aliphatic rings. The zero-order chi connectivity index (χ0) is 21.0. The van der Waals surface area contributed by atoms with Crippen molar-refractivity contribution in [1.29, 1.82) is 0 Å². The van der Waals surface area contributed by atoms with Gasteiger partial charge in [0.05, 0.1) is 16.2 Å². The number of anilines is 1. The Kier molecular flexibility index (Phi) is 5.99. The molecule has 3 rings (SSSR count). The third kappa shape index (κ3) is 5.02. The van der Waals surface area contributed by atoms with Crippen molar-refractivity contribution in [1.82, 2.24) is 4.98 Å². The number of thiazole rings is 1. The molecular weight excluding hydrogens is 394 g/mol. The predicted octanol–water partition coefficient (Wildman–Crippen LogP) is 4.13. The molecule has 0 atom stereocenters. The Morgan fingerprint density at radius 3 is 2.59 bits per heavy atom. The van der Waals surface area contributed by atoms with E-state index >= 15 is 0 Å². The Balaban J connectivity index is 1.58. The van der Waals surface area contributed by atoms with Gasteiger partial charge in [-0.25, -0.2) is 9.78 Å². The molecule has 1 aromatic heterocycles. The molecule has 9 heteroatoms. The van der Waals surface area contributed by atoms with E-state index in [0.717, 1.165) is 22.9 Å². The van der Waals surface area contributed by atoms with E-state index in [2.05, 4.69) is 10.3 Å². The highest BCUT2D eigenvalue weighted by molar-refractivity contribution is 7.14. The summed E-state index contributed by atoms with van der Waals surface area (Å²) in [7, 11) is 0. The highest BCUT2D eigenvalue weighted by Gasteiger charge is 2.17. The predicted molar refractivity (Wildman–Crippen MR) is 109 cm³/mol. The minimum Gasteiger partial charge on any atom is -0.452 e. The maximum Gasteiger partial charge on any atom is 0.338 e. The van der Waals surface area contributed by atoms with Gasteiger partial charge < -0.3 is 4.74 Å². The van der Waals surface area contributed by atoms with E-state index in [4.69, 9.17) is 4.74 Å². The molecule has 0 aliphatic heterocycles. The average Bonchev–Trinajstić information content (AvgIpc) is 3.15. The van der Waals surface area contributed by atoms with Gasteiger partial charge in [0.25, 0.3) is 11.6 Å². The minimum absolute atomic E-state index is 0.00556. The number of carbonyl (C=O) groups excluding carboxylic acids is 2. The van der Waals surface area contributed by atoms with Crippen LogP contribution in [-0.4, -0.2) is 28.4 Å². The number of nitrogens with one attached hydrogen (secondary N) is 1. The first-order chi connectivity index (χ1) is 13.8. The molecule has 0 saturated heterocycles. The summed E-state index contributed by atoms with van der Waals surface area (Å²) in [6.45, 7) is 3.03. The molecule has 2 aromatic carbocycles. The average molecular weight is 411 g/mol. The number of nitro benzene ring substituents is 1. The number of nitro groups is 1. The fourth-order valence-electron chi connectivity index (χ4n) is 2.49. The van der Waals surface area contributed by atoms with Crippen molar-refractivity contribution in [3.63, 3.8) is 0 Å². The molecule has 0 unspecified atom stereocenters. The normalized spacial score (nSPS) is 10.4. The molecule has 0 saturated carbocycles. The SMILES string of the molecule is Cc1ccc(-c2csc(NC(=O)COC(=O)c3ccc(C)c([N+](=O)[O-])c3)n2)cc1. The van der Waals surface area contributed by atoms with Crippen LogP contribution in [0, 0.1) is 24.0 Å².